The Kier molecular flexibility index (Phi) is 4.99. The molecule has 1 aromatic rings. The highest BCUT2D eigenvalue weighted by atomic mass is 16.5. The van der Waals surface area contributed by atoms with Crippen molar-refractivity contribution in [3.8, 4) is 0 Å². The lowest BCUT2D eigenvalue weighted by Crippen LogP contribution is -2.19. The SMILES string of the molecule is CCc1nn(CC2CCOC2)c(CC)c1CC(C)N. The zero-order valence-electron chi connectivity index (χ0n) is 12.5. The van der Waals surface area contributed by atoms with Gasteiger partial charge < -0.3 is 10.5 Å². The lowest BCUT2D eigenvalue weighted by atomic mass is 10.0. The summed E-state index contributed by atoms with van der Waals surface area (Å²) in [6, 6.07) is 0.197. The van der Waals surface area contributed by atoms with Crippen molar-refractivity contribution in [2.45, 2.75) is 59.0 Å². The minimum absolute atomic E-state index is 0.197. The largest absolute Gasteiger partial charge is 0.381 e. The normalized spacial score (nSPS) is 20.9. The van der Waals surface area contributed by atoms with Crippen molar-refractivity contribution in [3.63, 3.8) is 0 Å². The van der Waals surface area contributed by atoms with Gasteiger partial charge in [0.1, 0.15) is 0 Å². The molecule has 0 bridgehead atoms. The Labute approximate surface area is 116 Å². The minimum atomic E-state index is 0.197. The van der Waals surface area contributed by atoms with Crippen LogP contribution in [0.5, 0.6) is 0 Å². The second-order valence-corrected chi connectivity index (χ2v) is 5.67. The molecule has 108 valence electrons. The average Bonchev–Trinajstić information content (AvgIpc) is 2.97. The fourth-order valence-corrected chi connectivity index (χ4v) is 2.95. The van der Waals surface area contributed by atoms with E-state index in [2.05, 4.69) is 25.5 Å². The van der Waals surface area contributed by atoms with E-state index in [1.807, 2.05) is 0 Å². The number of hydrogen-bond acceptors (Lipinski definition) is 3. The van der Waals surface area contributed by atoms with Gasteiger partial charge in [0.15, 0.2) is 0 Å². The maximum atomic E-state index is 5.99. The topological polar surface area (TPSA) is 53.1 Å². The summed E-state index contributed by atoms with van der Waals surface area (Å²) >= 11 is 0. The third-order valence-corrected chi connectivity index (χ3v) is 3.90. The summed E-state index contributed by atoms with van der Waals surface area (Å²) in [5.74, 6) is 0.623. The second kappa shape index (κ2) is 6.53. The molecular weight excluding hydrogens is 238 g/mol. The van der Waals surface area contributed by atoms with Gasteiger partial charge in [-0.2, -0.15) is 5.10 Å². The molecule has 1 aliphatic rings. The molecule has 2 rings (SSSR count). The Hall–Kier alpha value is -0.870. The van der Waals surface area contributed by atoms with E-state index >= 15 is 0 Å². The molecule has 0 radical (unpaired) electrons. The summed E-state index contributed by atoms with van der Waals surface area (Å²) in [4.78, 5) is 0. The number of nitrogens with two attached hydrogens (primary N) is 1. The highest BCUT2D eigenvalue weighted by Gasteiger charge is 2.21. The Morgan fingerprint density at radius 3 is 2.74 bits per heavy atom. The van der Waals surface area contributed by atoms with Crippen molar-refractivity contribution in [1.29, 1.82) is 0 Å². The van der Waals surface area contributed by atoms with E-state index in [-0.39, 0.29) is 6.04 Å². The fraction of sp³-hybridized carbons (Fsp3) is 0.800. The van der Waals surface area contributed by atoms with E-state index in [0.717, 1.165) is 45.4 Å². The van der Waals surface area contributed by atoms with Crippen molar-refractivity contribution < 1.29 is 4.74 Å². The minimum Gasteiger partial charge on any atom is -0.381 e. The molecule has 19 heavy (non-hydrogen) atoms. The van der Waals surface area contributed by atoms with Crippen LogP contribution in [0.25, 0.3) is 0 Å². The van der Waals surface area contributed by atoms with Gasteiger partial charge in [-0.1, -0.05) is 13.8 Å². The molecule has 0 aromatic carbocycles. The first-order valence-electron chi connectivity index (χ1n) is 7.56. The second-order valence-electron chi connectivity index (χ2n) is 5.67. The van der Waals surface area contributed by atoms with Crippen LogP contribution < -0.4 is 5.73 Å². The molecule has 2 N–H and O–H groups in total. The van der Waals surface area contributed by atoms with E-state index in [4.69, 9.17) is 15.6 Å². The summed E-state index contributed by atoms with van der Waals surface area (Å²) in [6.45, 7) is 9.24. The zero-order chi connectivity index (χ0) is 13.8. The summed E-state index contributed by atoms with van der Waals surface area (Å²) in [6.07, 6.45) is 4.12. The Morgan fingerprint density at radius 2 is 2.21 bits per heavy atom. The fourth-order valence-electron chi connectivity index (χ4n) is 2.95. The van der Waals surface area contributed by atoms with E-state index < -0.39 is 0 Å². The van der Waals surface area contributed by atoms with Crippen molar-refractivity contribution >= 4 is 0 Å². The van der Waals surface area contributed by atoms with Gasteiger partial charge >= 0.3 is 0 Å². The smallest absolute Gasteiger partial charge is 0.0657 e. The van der Waals surface area contributed by atoms with Crippen LogP contribution in [0, 0.1) is 5.92 Å². The standard InChI is InChI=1S/C15H27N3O/c1-4-14-13(8-11(3)16)15(5-2)18(17-14)9-12-6-7-19-10-12/h11-12H,4-10,16H2,1-3H3. The predicted molar refractivity (Wildman–Crippen MR) is 77.3 cm³/mol. The predicted octanol–water partition coefficient (Wildman–Crippen LogP) is 1.93. The summed E-state index contributed by atoms with van der Waals surface area (Å²) in [7, 11) is 0. The molecule has 2 unspecified atom stereocenters. The maximum absolute atomic E-state index is 5.99. The highest BCUT2D eigenvalue weighted by molar-refractivity contribution is 5.28. The van der Waals surface area contributed by atoms with Crippen LogP contribution in [0.1, 0.15) is 44.1 Å². The maximum Gasteiger partial charge on any atom is 0.0657 e. The third-order valence-electron chi connectivity index (χ3n) is 3.90. The molecule has 4 heteroatoms. The first-order chi connectivity index (χ1) is 9.15. The van der Waals surface area contributed by atoms with Crippen LogP contribution in [-0.4, -0.2) is 29.0 Å². The van der Waals surface area contributed by atoms with E-state index in [0.29, 0.717) is 5.92 Å². The third kappa shape index (κ3) is 3.37. The first-order valence-corrected chi connectivity index (χ1v) is 7.56. The van der Waals surface area contributed by atoms with Crippen LogP contribution in [0.3, 0.4) is 0 Å². The monoisotopic (exact) mass is 265 g/mol. The van der Waals surface area contributed by atoms with Gasteiger partial charge in [-0.15, -0.1) is 0 Å². The van der Waals surface area contributed by atoms with Gasteiger partial charge in [0.25, 0.3) is 0 Å². The van der Waals surface area contributed by atoms with Crippen LogP contribution in [-0.2, 0) is 30.5 Å². The number of aryl methyl sites for hydroxylation is 1. The van der Waals surface area contributed by atoms with Crippen LogP contribution in [0.2, 0.25) is 0 Å². The summed E-state index contributed by atoms with van der Waals surface area (Å²) in [5, 5.41) is 4.82. The number of ether oxygens (including phenoxy) is 1. The van der Waals surface area contributed by atoms with Crippen molar-refractivity contribution in [2.24, 2.45) is 11.7 Å². The summed E-state index contributed by atoms with van der Waals surface area (Å²) < 4.78 is 7.69. The molecule has 0 saturated carbocycles. The van der Waals surface area contributed by atoms with Gasteiger partial charge in [0.05, 0.1) is 12.3 Å². The Morgan fingerprint density at radius 1 is 1.42 bits per heavy atom. The summed E-state index contributed by atoms with van der Waals surface area (Å²) in [5.41, 5.74) is 9.98. The van der Waals surface area contributed by atoms with E-state index in [9.17, 15) is 0 Å². The number of hydrogen-bond donors (Lipinski definition) is 1. The van der Waals surface area contributed by atoms with E-state index in [1.165, 1.54) is 17.0 Å². The van der Waals surface area contributed by atoms with Crippen molar-refractivity contribution in [3.05, 3.63) is 17.0 Å². The molecule has 1 fully saturated rings. The molecule has 1 saturated heterocycles. The van der Waals surface area contributed by atoms with Gasteiger partial charge in [0, 0.05) is 30.8 Å². The lowest BCUT2D eigenvalue weighted by molar-refractivity contribution is 0.181. The molecule has 0 aliphatic carbocycles. The molecule has 2 atom stereocenters. The molecular formula is C15H27N3O. The Bertz CT molecular complexity index is 406. The molecule has 1 aliphatic heterocycles. The zero-order valence-corrected chi connectivity index (χ0v) is 12.5. The number of aromatic nitrogens is 2. The number of nitrogens with zero attached hydrogens (tertiary/aromatic N) is 2. The van der Waals surface area contributed by atoms with Gasteiger partial charge in [-0.3, -0.25) is 4.68 Å². The van der Waals surface area contributed by atoms with Gasteiger partial charge in [-0.25, -0.2) is 0 Å². The Balaban J connectivity index is 2.23. The molecule has 0 amide bonds. The molecule has 4 nitrogen and oxygen atoms in total. The van der Waals surface area contributed by atoms with Crippen molar-refractivity contribution in [2.75, 3.05) is 13.2 Å². The van der Waals surface area contributed by atoms with Crippen molar-refractivity contribution in [1.82, 2.24) is 9.78 Å². The van der Waals surface area contributed by atoms with Crippen LogP contribution in [0.4, 0.5) is 0 Å². The van der Waals surface area contributed by atoms with E-state index in [1.54, 1.807) is 0 Å². The molecule has 1 aromatic heterocycles. The molecule has 0 spiro atoms. The van der Waals surface area contributed by atoms with Crippen LogP contribution in [0.15, 0.2) is 0 Å². The van der Waals surface area contributed by atoms with Gasteiger partial charge in [0.2, 0.25) is 0 Å². The lowest BCUT2D eigenvalue weighted by Gasteiger charge is -2.12. The highest BCUT2D eigenvalue weighted by Crippen LogP contribution is 2.21. The number of rotatable bonds is 6. The van der Waals surface area contributed by atoms with Gasteiger partial charge in [-0.05, 0) is 38.2 Å². The van der Waals surface area contributed by atoms with Crippen LogP contribution >= 0.6 is 0 Å². The molecule has 2 heterocycles. The first kappa shape index (κ1) is 14.5. The average molecular weight is 265 g/mol. The quantitative estimate of drug-likeness (QED) is 0.855.